The van der Waals surface area contributed by atoms with Gasteiger partial charge in [-0.15, -0.1) is 0 Å². The van der Waals surface area contributed by atoms with E-state index in [1.54, 1.807) is 0 Å². The molecule has 0 radical (unpaired) electrons. The highest BCUT2D eigenvalue weighted by Gasteiger charge is 2.07. The molecule has 4 nitrogen and oxygen atoms in total. The highest BCUT2D eigenvalue weighted by Crippen LogP contribution is 2.41. The first-order chi connectivity index (χ1) is 6.62. The van der Waals surface area contributed by atoms with Gasteiger partial charge in [0.15, 0.2) is 0 Å². The molecule has 88 valence electrons. The van der Waals surface area contributed by atoms with Crippen molar-refractivity contribution in [3.8, 4) is 0 Å². The van der Waals surface area contributed by atoms with Gasteiger partial charge in [0, 0.05) is 19.1 Å². The summed E-state index contributed by atoms with van der Waals surface area (Å²) < 4.78 is 16.1. The van der Waals surface area contributed by atoms with Crippen LogP contribution >= 0.6 is 10.6 Å². The maximum Gasteiger partial charge on any atom is 0.0947 e. The smallest absolute Gasteiger partial charge is 0.0947 e. The fraction of sp³-hybridized carbons (Fsp3) is 1.00. The standard InChI is InChI=1S/C9H22O4S/c1-4-6-11-8-9-13-14(2,3)12-7-5-10/h10H,4-9H2,1-3H3. The summed E-state index contributed by atoms with van der Waals surface area (Å²) >= 11 is 0. The summed E-state index contributed by atoms with van der Waals surface area (Å²) in [7, 11) is -1.47. The maximum absolute atomic E-state index is 8.58. The van der Waals surface area contributed by atoms with Gasteiger partial charge in [-0.05, 0) is 6.42 Å². The van der Waals surface area contributed by atoms with Gasteiger partial charge in [-0.3, -0.25) is 8.37 Å². The van der Waals surface area contributed by atoms with E-state index in [4.69, 9.17) is 18.2 Å². The summed E-state index contributed by atoms with van der Waals surface area (Å²) in [5.74, 6) is 0. The Morgan fingerprint density at radius 2 is 1.64 bits per heavy atom. The minimum atomic E-state index is -1.47. The van der Waals surface area contributed by atoms with Gasteiger partial charge in [0.1, 0.15) is 0 Å². The summed E-state index contributed by atoms with van der Waals surface area (Å²) in [4.78, 5) is 0. The molecular formula is C9H22O4S. The van der Waals surface area contributed by atoms with Crippen molar-refractivity contribution in [3.05, 3.63) is 0 Å². The second kappa shape index (κ2) is 8.49. The summed E-state index contributed by atoms with van der Waals surface area (Å²) in [5, 5.41) is 8.58. The van der Waals surface area contributed by atoms with Gasteiger partial charge in [-0.1, -0.05) is 6.92 Å². The SMILES string of the molecule is CCCOCCOS(C)(C)OCCO. The van der Waals surface area contributed by atoms with Crippen LogP contribution in [0.5, 0.6) is 0 Å². The zero-order valence-corrected chi connectivity index (χ0v) is 10.1. The summed E-state index contributed by atoms with van der Waals surface area (Å²) in [6.45, 7) is 4.36. The van der Waals surface area contributed by atoms with Gasteiger partial charge in [0.05, 0.1) is 26.4 Å². The molecule has 0 aliphatic rings. The van der Waals surface area contributed by atoms with Crippen molar-refractivity contribution >= 4 is 10.6 Å². The van der Waals surface area contributed by atoms with E-state index in [1.165, 1.54) is 0 Å². The lowest BCUT2D eigenvalue weighted by Crippen LogP contribution is -2.12. The molecule has 0 aromatic carbocycles. The third-order valence-electron chi connectivity index (χ3n) is 1.40. The molecule has 5 heteroatoms. The van der Waals surface area contributed by atoms with Crippen molar-refractivity contribution in [1.82, 2.24) is 0 Å². The van der Waals surface area contributed by atoms with Crippen LogP contribution in [-0.4, -0.2) is 50.7 Å². The van der Waals surface area contributed by atoms with E-state index in [0.717, 1.165) is 13.0 Å². The van der Waals surface area contributed by atoms with Crippen LogP contribution in [-0.2, 0) is 13.1 Å². The molecule has 0 aliphatic carbocycles. The van der Waals surface area contributed by atoms with Gasteiger partial charge < -0.3 is 9.84 Å². The molecule has 0 rings (SSSR count). The van der Waals surface area contributed by atoms with Gasteiger partial charge in [0.25, 0.3) is 0 Å². The highest BCUT2D eigenvalue weighted by atomic mass is 32.3. The minimum absolute atomic E-state index is 0.0339. The first-order valence-corrected chi connectivity index (χ1v) is 7.13. The predicted molar refractivity (Wildman–Crippen MR) is 59.5 cm³/mol. The molecule has 0 aliphatic heterocycles. The highest BCUT2D eigenvalue weighted by molar-refractivity contribution is 8.24. The number of ether oxygens (including phenoxy) is 1. The van der Waals surface area contributed by atoms with Crippen LogP contribution in [0.15, 0.2) is 0 Å². The molecule has 0 saturated heterocycles. The Bertz CT molecular complexity index is 130. The predicted octanol–water partition coefficient (Wildman–Crippen LogP) is 1.33. The number of aliphatic hydroxyl groups excluding tert-OH is 1. The molecule has 0 unspecified atom stereocenters. The third kappa shape index (κ3) is 8.77. The second-order valence-electron chi connectivity index (χ2n) is 3.12. The number of aliphatic hydroxyl groups is 1. The van der Waals surface area contributed by atoms with E-state index in [0.29, 0.717) is 19.8 Å². The monoisotopic (exact) mass is 226 g/mol. The molecule has 14 heavy (non-hydrogen) atoms. The second-order valence-corrected chi connectivity index (χ2v) is 5.88. The largest absolute Gasteiger partial charge is 0.394 e. The lowest BCUT2D eigenvalue weighted by molar-refractivity contribution is 0.0986. The van der Waals surface area contributed by atoms with E-state index in [-0.39, 0.29) is 6.61 Å². The molecule has 0 saturated carbocycles. The summed E-state index contributed by atoms with van der Waals surface area (Å²) in [6.07, 6.45) is 4.84. The van der Waals surface area contributed by atoms with Crippen LogP contribution in [0.3, 0.4) is 0 Å². The first-order valence-electron chi connectivity index (χ1n) is 4.83. The van der Waals surface area contributed by atoms with Gasteiger partial charge in [-0.25, -0.2) is 0 Å². The molecular weight excluding hydrogens is 204 g/mol. The van der Waals surface area contributed by atoms with Crippen molar-refractivity contribution in [2.45, 2.75) is 13.3 Å². The Kier molecular flexibility index (Phi) is 8.61. The Morgan fingerprint density at radius 1 is 1.00 bits per heavy atom. The normalized spacial score (nSPS) is 13.1. The molecule has 0 atom stereocenters. The van der Waals surface area contributed by atoms with E-state index in [1.807, 2.05) is 12.5 Å². The maximum atomic E-state index is 8.58. The van der Waals surface area contributed by atoms with E-state index in [9.17, 15) is 0 Å². The number of hydrogen-bond acceptors (Lipinski definition) is 4. The molecule has 0 aromatic rings. The Labute approximate surface area is 88.3 Å². The molecule has 0 aromatic heterocycles. The van der Waals surface area contributed by atoms with Crippen LogP contribution in [0.1, 0.15) is 13.3 Å². The molecule has 0 spiro atoms. The fourth-order valence-electron chi connectivity index (χ4n) is 0.812. The minimum Gasteiger partial charge on any atom is -0.394 e. The number of rotatable bonds is 9. The van der Waals surface area contributed by atoms with Crippen LogP contribution in [0.2, 0.25) is 0 Å². The zero-order valence-electron chi connectivity index (χ0n) is 9.32. The van der Waals surface area contributed by atoms with Crippen molar-refractivity contribution in [1.29, 1.82) is 0 Å². The van der Waals surface area contributed by atoms with Crippen LogP contribution < -0.4 is 0 Å². The van der Waals surface area contributed by atoms with Gasteiger partial charge in [0.2, 0.25) is 0 Å². The van der Waals surface area contributed by atoms with E-state index < -0.39 is 10.6 Å². The fourth-order valence-corrected chi connectivity index (χ4v) is 1.83. The Morgan fingerprint density at radius 3 is 2.21 bits per heavy atom. The van der Waals surface area contributed by atoms with Gasteiger partial charge in [-0.2, -0.15) is 10.6 Å². The topological polar surface area (TPSA) is 47.9 Å². The number of hydrogen-bond donors (Lipinski definition) is 1. The lowest BCUT2D eigenvalue weighted by atomic mass is 10.5. The van der Waals surface area contributed by atoms with Crippen molar-refractivity contribution in [3.63, 3.8) is 0 Å². The van der Waals surface area contributed by atoms with E-state index in [2.05, 4.69) is 6.92 Å². The Balaban J connectivity index is 3.35. The third-order valence-corrected chi connectivity index (χ3v) is 2.87. The van der Waals surface area contributed by atoms with Gasteiger partial charge >= 0.3 is 0 Å². The molecule has 0 heterocycles. The molecule has 0 bridgehead atoms. The first kappa shape index (κ1) is 14.2. The van der Waals surface area contributed by atoms with Crippen molar-refractivity contribution in [2.75, 3.05) is 45.5 Å². The van der Waals surface area contributed by atoms with E-state index >= 15 is 0 Å². The molecule has 0 amide bonds. The van der Waals surface area contributed by atoms with Crippen molar-refractivity contribution in [2.24, 2.45) is 0 Å². The summed E-state index contributed by atoms with van der Waals surface area (Å²) in [5.41, 5.74) is 0. The van der Waals surface area contributed by atoms with Crippen LogP contribution in [0.4, 0.5) is 0 Å². The molecule has 0 fully saturated rings. The quantitative estimate of drug-likeness (QED) is 0.603. The van der Waals surface area contributed by atoms with Crippen molar-refractivity contribution < 1.29 is 18.2 Å². The Hall–Kier alpha value is 0.190. The lowest BCUT2D eigenvalue weighted by Gasteiger charge is -2.34. The average molecular weight is 226 g/mol. The average Bonchev–Trinajstić information content (AvgIpc) is 2.15. The van der Waals surface area contributed by atoms with Crippen LogP contribution in [0, 0.1) is 0 Å². The van der Waals surface area contributed by atoms with Crippen LogP contribution in [0.25, 0.3) is 0 Å². The summed E-state index contributed by atoms with van der Waals surface area (Å²) in [6, 6.07) is 0. The zero-order chi connectivity index (χ0) is 10.9. The molecule has 1 N–H and O–H groups in total.